The van der Waals surface area contributed by atoms with Crippen molar-refractivity contribution >= 4 is 11.6 Å². The molecular formula is C13H20N4O2. The fourth-order valence-corrected chi connectivity index (χ4v) is 2.18. The van der Waals surface area contributed by atoms with Crippen molar-refractivity contribution in [3.63, 3.8) is 0 Å². The summed E-state index contributed by atoms with van der Waals surface area (Å²) in [6.07, 6.45) is 3.49. The summed E-state index contributed by atoms with van der Waals surface area (Å²) in [4.78, 5) is 25.2. The van der Waals surface area contributed by atoms with E-state index in [0.717, 1.165) is 25.9 Å². The number of hydrogen-bond donors (Lipinski definition) is 2. The number of nitrogens with zero attached hydrogens (tertiary/aromatic N) is 2. The molecular weight excluding hydrogens is 244 g/mol. The summed E-state index contributed by atoms with van der Waals surface area (Å²) in [6, 6.07) is 3.32. The minimum Gasteiger partial charge on any atom is -0.328 e. The van der Waals surface area contributed by atoms with Gasteiger partial charge in [-0.05, 0) is 18.9 Å². The Hall–Kier alpha value is -1.66. The summed E-state index contributed by atoms with van der Waals surface area (Å²) in [5.41, 5.74) is 6.37. The standard InChI is InChI=1S/C13H20N4O2/c1-16-8-11(2-3-13(16)19)15-12(18)9-17-6-4-10(14)5-7-17/h2-3,8,10H,4-7,9,14H2,1H3,(H,15,18). The van der Waals surface area contributed by atoms with E-state index in [1.165, 1.54) is 10.6 Å². The van der Waals surface area contributed by atoms with Gasteiger partial charge < -0.3 is 15.6 Å². The van der Waals surface area contributed by atoms with E-state index in [0.29, 0.717) is 12.2 Å². The first kappa shape index (κ1) is 13.8. The summed E-state index contributed by atoms with van der Waals surface area (Å²) >= 11 is 0. The molecule has 3 N–H and O–H groups in total. The van der Waals surface area contributed by atoms with Gasteiger partial charge in [-0.15, -0.1) is 0 Å². The Bertz CT molecular complexity index is 504. The van der Waals surface area contributed by atoms with Crippen LogP contribution in [0.3, 0.4) is 0 Å². The van der Waals surface area contributed by atoms with E-state index in [-0.39, 0.29) is 17.5 Å². The van der Waals surface area contributed by atoms with Gasteiger partial charge in [-0.2, -0.15) is 0 Å². The van der Waals surface area contributed by atoms with Crippen molar-refractivity contribution in [1.29, 1.82) is 0 Å². The van der Waals surface area contributed by atoms with Gasteiger partial charge in [0.15, 0.2) is 0 Å². The van der Waals surface area contributed by atoms with Gasteiger partial charge in [0.25, 0.3) is 0 Å². The molecule has 0 saturated carbocycles. The van der Waals surface area contributed by atoms with Crippen LogP contribution in [0, 0.1) is 0 Å². The lowest BCUT2D eigenvalue weighted by Gasteiger charge is -2.29. The number of anilines is 1. The van der Waals surface area contributed by atoms with Gasteiger partial charge >= 0.3 is 0 Å². The zero-order chi connectivity index (χ0) is 13.8. The Morgan fingerprint density at radius 2 is 2.11 bits per heavy atom. The van der Waals surface area contributed by atoms with E-state index in [2.05, 4.69) is 10.2 Å². The monoisotopic (exact) mass is 264 g/mol. The van der Waals surface area contributed by atoms with Crippen molar-refractivity contribution in [2.45, 2.75) is 18.9 Å². The number of pyridine rings is 1. The second kappa shape index (κ2) is 5.99. The summed E-state index contributed by atoms with van der Waals surface area (Å²) in [5, 5.41) is 2.80. The molecule has 1 aromatic rings. The molecule has 0 aliphatic carbocycles. The van der Waals surface area contributed by atoms with Gasteiger partial charge in [0, 0.05) is 38.4 Å². The summed E-state index contributed by atoms with van der Waals surface area (Å²) in [6.45, 7) is 2.10. The first-order valence-electron chi connectivity index (χ1n) is 6.49. The Labute approximate surface area is 112 Å². The summed E-state index contributed by atoms with van der Waals surface area (Å²) < 4.78 is 1.44. The van der Waals surface area contributed by atoms with Crippen LogP contribution in [0.5, 0.6) is 0 Å². The molecule has 0 aromatic carbocycles. The Morgan fingerprint density at radius 1 is 1.42 bits per heavy atom. The number of hydrogen-bond acceptors (Lipinski definition) is 4. The van der Waals surface area contributed by atoms with Crippen molar-refractivity contribution in [3.8, 4) is 0 Å². The fraction of sp³-hybridized carbons (Fsp3) is 0.538. The number of aryl methyl sites for hydroxylation is 1. The molecule has 0 radical (unpaired) electrons. The largest absolute Gasteiger partial charge is 0.328 e. The average Bonchev–Trinajstić information content (AvgIpc) is 2.37. The maximum atomic E-state index is 11.9. The second-order valence-electron chi connectivity index (χ2n) is 5.03. The quantitative estimate of drug-likeness (QED) is 0.788. The molecule has 1 aliphatic heterocycles. The molecule has 2 rings (SSSR count). The highest BCUT2D eigenvalue weighted by Crippen LogP contribution is 2.08. The van der Waals surface area contributed by atoms with E-state index >= 15 is 0 Å². The fourth-order valence-electron chi connectivity index (χ4n) is 2.18. The van der Waals surface area contributed by atoms with Crippen LogP contribution in [0.25, 0.3) is 0 Å². The maximum absolute atomic E-state index is 11.9. The van der Waals surface area contributed by atoms with E-state index in [1.807, 2.05) is 0 Å². The molecule has 2 heterocycles. The third-order valence-corrected chi connectivity index (χ3v) is 3.37. The average molecular weight is 264 g/mol. The van der Waals surface area contributed by atoms with Gasteiger partial charge in [0.2, 0.25) is 11.5 Å². The lowest BCUT2D eigenvalue weighted by Crippen LogP contribution is -2.43. The van der Waals surface area contributed by atoms with Gasteiger partial charge in [-0.1, -0.05) is 0 Å². The first-order valence-corrected chi connectivity index (χ1v) is 6.49. The first-order chi connectivity index (χ1) is 9.04. The Kier molecular flexibility index (Phi) is 4.34. The predicted octanol–water partition coefficient (Wildman–Crippen LogP) is -0.253. The molecule has 1 saturated heterocycles. The third kappa shape index (κ3) is 3.90. The van der Waals surface area contributed by atoms with Crippen LogP contribution in [0.2, 0.25) is 0 Å². The van der Waals surface area contributed by atoms with Crippen LogP contribution < -0.4 is 16.6 Å². The molecule has 0 unspecified atom stereocenters. The number of rotatable bonds is 3. The molecule has 6 nitrogen and oxygen atoms in total. The molecule has 0 spiro atoms. The highest BCUT2D eigenvalue weighted by Gasteiger charge is 2.18. The minimum atomic E-state index is -0.0944. The highest BCUT2D eigenvalue weighted by molar-refractivity contribution is 5.92. The number of piperidine rings is 1. The molecule has 1 aromatic heterocycles. The van der Waals surface area contributed by atoms with E-state index in [4.69, 9.17) is 5.73 Å². The van der Waals surface area contributed by atoms with Gasteiger partial charge in [-0.3, -0.25) is 14.5 Å². The topological polar surface area (TPSA) is 80.4 Å². The summed E-state index contributed by atoms with van der Waals surface area (Å²) in [7, 11) is 1.66. The lowest BCUT2D eigenvalue weighted by molar-refractivity contribution is -0.117. The zero-order valence-electron chi connectivity index (χ0n) is 11.1. The normalized spacial score (nSPS) is 17.4. The third-order valence-electron chi connectivity index (χ3n) is 3.37. The van der Waals surface area contributed by atoms with E-state index in [1.54, 1.807) is 19.3 Å². The number of likely N-dealkylation sites (tertiary alicyclic amines) is 1. The SMILES string of the molecule is Cn1cc(NC(=O)CN2CCC(N)CC2)ccc1=O. The van der Waals surface area contributed by atoms with Crippen LogP contribution in [-0.4, -0.2) is 41.1 Å². The molecule has 104 valence electrons. The maximum Gasteiger partial charge on any atom is 0.250 e. The van der Waals surface area contributed by atoms with Crippen molar-refractivity contribution in [2.24, 2.45) is 12.8 Å². The van der Waals surface area contributed by atoms with Gasteiger partial charge in [0.05, 0.1) is 12.2 Å². The second-order valence-corrected chi connectivity index (χ2v) is 5.03. The molecule has 1 fully saturated rings. The number of carbonyl (C=O) groups is 1. The number of nitrogens with one attached hydrogen (secondary N) is 1. The Morgan fingerprint density at radius 3 is 2.74 bits per heavy atom. The smallest absolute Gasteiger partial charge is 0.250 e. The predicted molar refractivity (Wildman–Crippen MR) is 74.0 cm³/mol. The van der Waals surface area contributed by atoms with E-state index < -0.39 is 0 Å². The van der Waals surface area contributed by atoms with Crippen molar-refractivity contribution in [2.75, 3.05) is 25.0 Å². The number of aromatic nitrogens is 1. The van der Waals surface area contributed by atoms with Gasteiger partial charge in [-0.25, -0.2) is 0 Å². The molecule has 6 heteroatoms. The molecule has 0 atom stereocenters. The minimum absolute atomic E-state index is 0.0610. The number of amides is 1. The van der Waals surface area contributed by atoms with Crippen LogP contribution in [-0.2, 0) is 11.8 Å². The van der Waals surface area contributed by atoms with Crippen molar-refractivity contribution in [3.05, 3.63) is 28.7 Å². The molecule has 1 amide bonds. The van der Waals surface area contributed by atoms with Crippen LogP contribution in [0.15, 0.2) is 23.1 Å². The number of carbonyl (C=O) groups excluding carboxylic acids is 1. The van der Waals surface area contributed by atoms with Crippen molar-refractivity contribution < 1.29 is 4.79 Å². The Balaban J connectivity index is 1.87. The molecule has 1 aliphatic rings. The molecule has 19 heavy (non-hydrogen) atoms. The van der Waals surface area contributed by atoms with Crippen LogP contribution in [0.1, 0.15) is 12.8 Å². The molecule has 0 bridgehead atoms. The lowest BCUT2D eigenvalue weighted by atomic mass is 10.1. The van der Waals surface area contributed by atoms with Gasteiger partial charge in [0.1, 0.15) is 0 Å². The zero-order valence-corrected chi connectivity index (χ0v) is 11.1. The van der Waals surface area contributed by atoms with E-state index in [9.17, 15) is 9.59 Å². The van der Waals surface area contributed by atoms with Crippen LogP contribution >= 0.6 is 0 Å². The number of nitrogens with two attached hydrogens (primary N) is 1. The van der Waals surface area contributed by atoms with Crippen molar-refractivity contribution in [1.82, 2.24) is 9.47 Å². The van der Waals surface area contributed by atoms with Crippen LogP contribution in [0.4, 0.5) is 5.69 Å². The highest BCUT2D eigenvalue weighted by atomic mass is 16.2. The summed E-state index contributed by atoms with van der Waals surface area (Å²) in [5.74, 6) is -0.0610.